The maximum absolute atomic E-state index is 13.6. The molecule has 1 aliphatic rings. The lowest BCUT2D eigenvalue weighted by Crippen LogP contribution is -2.32. The number of carbonyl (C=O) groups excluding carboxylic acids is 2. The number of carbonyl (C=O) groups is 2. The fourth-order valence-corrected chi connectivity index (χ4v) is 3.60. The van der Waals surface area contributed by atoms with E-state index in [-0.39, 0.29) is 5.70 Å². The van der Waals surface area contributed by atoms with Crippen LogP contribution in [0.1, 0.15) is 16.7 Å². The summed E-state index contributed by atoms with van der Waals surface area (Å²) in [4.78, 5) is 28.3. The van der Waals surface area contributed by atoms with Gasteiger partial charge in [0.1, 0.15) is 17.2 Å². The number of ether oxygens (including phenoxy) is 2. The zero-order valence-electron chi connectivity index (χ0n) is 18.4. The van der Waals surface area contributed by atoms with Crippen LogP contribution in [0.5, 0.6) is 11.5 Å². The van der Waals surface area contributed by atoms with Gasteiger partial charge in [-0.15, -0.1) is 0 Å². The van der Waals surface area contributed by atoms with Crippen molar-refractivity contribution >= 4 is 28.8 Å². The molecule has 0 saturated heterocycles. The molecule has 3 aromatic rings. The van der Waals surface area contributed by atoms with E-state index in [0.717, 1.165) is 21.7 Å². The van der Waals surface area contributed by atoms with E-state index in [0.29, 0.717) is 28.3 Å². The average Bonchev–Trinajstić information content (AvgIpc) is 3.04. The Hall–Kier alpha value is -4.06. The minimum Gasteiger partial charge on any atom is -0.497 e. The van der Waals surface area contributed by atoms with Gasteiger partial charge in [0.05, 0.1) is 25.5 Å². The number of rotatable bonds is 6. The molecule has 3 aromatic carbocycles. The molecule has 4 rings (SSSR count). The molecule has 162 valence electrons. The first-order valence-corrected chi connectivity index (χ1v) is 10.2. The summed E-state index contributed by atoms with van der Waals surface area (Å²) in [5, 5.41) is 3.17. The maximum atomic E-state index is 13.6. The van der Waals surface area contributed by atoms with Gasteiger partial charge in [-0.2, -0.15) is 0 Å². The van der Waals surface area contributed by atoms with Crippen molar-refractivity contribution in [1.29, 1.82) is 0 Å². The van der Waals surface area contributed by atoms with E-state index in [4.69, 9.17) is 9.47 Å². The third-order valence-electron chi connectivity index (χ3n) is 5.37. The second-order valence-electron chi connectivity index (χ2n) is 7.59. The summed E-state index contributed by atoms with van der Waals surface area (Å²) in [6, 6.07) is 20.2. The van der Waals surface area contributed by atoms with Gasteiger partial charge >= 0.3 is 0 Å². The molecule has 0 radical (unpaired) electrons. The van der Waals surface area contributed by atoms with E-state index < -0.39 is 11.8 Å². The highest BCUT2D eigenvalue weighted by atomic mass is 16.5. The predicted octanol–water partition coefficient (Wildman–Crippen LogP) is 4.72. The quantitative estimate of drug-likeness (QED) is 0.576. The predicted molar refractivity (Wildman–Crippen MR) is 125 cm³/mol. The topological polar surface area (TPSA) is 67.9 Å². The van der Waals surface area contributed by atoms with Crippen LogP contribution < -0.4 is 19.7 Å². The minimum absolute atomic E-state index is 0.223. The average molecular weight is 428 g/mol. The first kappa shape index (κ1) is 21.2. The minimum atomic E-state index is -0.449. The lowest BCUT2D eigenvalue weighted by molar-refractivity contribution is -0.120. The summed E-state index contributed by atoms with van der Waals surface area (Å²) in [5.41, 5.74) is 4.44. The first-order chi connectivity index (χ1) is 15.4. The number of methoxy groups -OCH3 is 2. The Morgan fingerprint density at radius 1 is 0.750 bits per heavy atom. The van der Waals surface area contributed by atoms with Crippen molar-refractivity contribution in [2.45, 2.75) is 13.8 Å². The van der Waals surface area contributed by atoms with Crippen LogP contribution in [0.4, 0.5) is 11.4 Å². The van der Waals surface area contributed by atoms with Gasteiger partial charge in [0.25, 0.3) is 11.8 Å². The molecule has 0 atom stereocenters. The van der Waals surface area contributed by atoms with Crippen LogP contribution in [-0.4, -0.2) is 26.0 Å². The van der Waals surface area contributed by atoms with Gasteiger partial charge in [-0.1, -0.05) is 47.5 Å². The number of nitrogens with one attached hydrogen (secondary N) is 1. The van der Waals surface area contributed by atoms with E-state index >= 15 is 0 Å². The van der Waals surface area contributed by atoms with Crippen molar-refractivity contribution in [3.05, 3.63) is 89.1 Å². The third kappa shape index (κ3) is 3.83. The standard InChI is InChI=1S/C26H24N2O4/c1-16-5-9-18(10-6-16)23-24(27-19-11-7-17(2)8-12-19)26(30)28(25(23)29)21-14-13-20(31-3)15-22(21)32-4/h5-15,27H,1-4H3. The smallest absolute Gasteiger partial charge is 0.282 e. The molecule has 32 heavy (non-hydrogen) atoms. The van der Waals surface area contributed by atoms with Crippen LogP contribution in [0.25, 0.3) is 5.57 Å². The Morgan fingerprint density at radius 2 is 1.38 bits per heavy atom. The van der Waals surface area contributed by atoms with E-state index in [9.17, 15) is 9.59 Å². The molecule has 6 nitrogen and oxygen atoms in total. The second-order valence-corrected chi connectivity index (χ2v) is 7.59. The summed E-state index contributed by atoms with van der Waals surface area (Å²) in [6.07, 6.45) is 0. The van der Waals surface area contributed by atoms with E-state index in [2.05, 4.69) is 5.32 Å². The van der Waals surface area contributed by atoms with E-state index in [1.165, 1.54) is 7.11 Å². The van der Waals surface area contributed by atoms with Crippen molar-refractivity contribution in [2.24, 2.45) is 0 Å². The number of amides is 2. The van der Waals surface area contributed by atoms with Crippen LogP contribution >= 0.6 is 0 Å². The number of hydrogen-bond acceptors (Lipinski definition) is 5. The molecule has 6 heteroatoms. The Kier molecular flexibility index (Phi) is 5.69. The molecule has 0 spiro atoms. The molecule has 0 bridgehead atoms. The van der Waals surface area contributed by atoms with Crippen LogP contribution in [-0.2, 0) is 9.59 Å². The van der Waals surface area contributed by atoms with E-state index in [1.807, 2.05) is 62.4 Å². The molecule has 1 N–H and O–H groups in total. The number of aryl methyl sites for hydroxylation is 2. The monoisotopic (exact) mass is 428 g/mol. The maximum Gasteiger partial charge on any atom is 0.282 e. The third-order valence-corrected chi connectivity index (χ3v) is 5.37. The van der Waals surface area contributed by atoms with Crippen LogP contribution in [0, 0.1) is 13.8 Å². The Morgan fingerprint density at radius 3 is 1.97 bits per heavy atom. The number of nitrogens with zero attached hydrogens (tertiary/aromatic N) is 1. The zero-order valence-corrected chi connectivity index (χ0v) is 18.4. The highest BCUT2D eigenvalue weighted by Crippen LogP contribution is 2.39. The molecule has 0 aliphatic carbocycles. The number of imide groups is 1. The summed E-state index contributed by atoms with van der Waals surface area (Å²) in [6.45, 7) is 3.96. The largest absolute Gasteiger partial charge is 0.497 e. The van der Waals surface area contributed by atoms with Gasteiger partial charge in [0.15, 0.2) is 0 Å². The molecule has 0 unspecified atom stereocenters. The second kappa shape index (κ2) is 8.59. The van der Waals surface area contributed by atoms with Gasteiger partial charge in [0.2, 0.25) is 0 Å². The highest BCUT2D eigenvalue weighted by molar-refractivity contribution is 6.46. The Labute approximate surface area is 187 Å². The van der Waals surface area contributed by atoms with Gasteiger partial charge in [-0.25, -0.2) is 4.90 Å². The molecule has 1 heterocycles. The van der Waals surface area contributed by atoms with Crippen molar-refractivity contribution in [3.8, 4) is 11.5 Å². The number of benzene rings is 3. The molecule has 0 aromatic heterocycles. The van der Waals surface area contributed by atoms with Crippen LogP contribution in [0.15, 0.2) is 72.4 Å². The molecular formula is C26H24N2O4. The van der Waals surface area contributed by atoms with Crippen molar-refractivity contribution < 1.29 is 19.1 Å². The normalized spacial score (nSPS) is 13.6. The lowest BCUT2D eigenvalue weighted by Gasteiger charge is -2.19. The van der Waals surface area contributed by atoms with Gasteiger partial charge in [0, 0.05) is 11.8 Å². The molecule has 0 saturated carbocycles. The van der Waals surface area contributed by atoms with Crippen molar-refractivity contribution in [1.82, 2.24) is 0 Å². The van der Waals surface area contributed by atoms with Crippen molar-refractivity contribution in [2.75, 3.05) is 24.4 Å². The molecule has 2 amide bonds. The van der Waals surface area contributed by atoms with Crippen LogP contribution in [0.3, 0.4) is 0 Å². The summed E-state index contributed by atoms with van der Waals surface area (Å²) in [5.74, 6) is 0.0619. The summed E-state index contributed by atoms with van der Waals surface area (Å²) < 4.78 is 10.7. The number of hydrogen-bond donors (Lipinski definition) is 1. The molecular weight excluding hydrogens is 404 g/mol. The number of anilines is 2. The molecule has 0 fully saturated rings. The van der Waals surface area contributed by atoms with Crippen molar-refractivity contribution in [3.63, 3.8) is 0 Å². The van der Waals surface area contributed by atoms with Gasteiger partial charge in [-0.05, 0) is 43.7 Å². The highest BCUT2D eigenvalue weighted by Gasteiger charge is 2.41. The van der Waals surface area contributed by atoms with Gasteiger partial charge in [-0.3, -0.25) is 9.59 Å². The molecule has 1 aliphatic heterocycles. The Bertz CT molecular complexity index is 1210. The lowest BCUT2D eigenvalue weighted by atomic mass is 10.0. The fourth-order valence-electron chi connectivity index (χ4n) is 3.60. The first-order valence-electron chi connectivity index (χ1n) is 10.2. The van der Waals surface area contributed by atoms with E-state index in [1.54, 1.807) is 25.3 Å². The zero-order chi connectivity index (χ0) is 22.8. The summed E-state index contributed by atoms with van der Waals surface area (Å²) >= 11 is 0. The Balaban J connectivity index is 1.83. The SMILES string of the molecule is COc1ccc(N2C(=O)C(Nc3ccc(C)cc3)=C(c3ccc(C)cc3)C2=O)c(OC)c1. The summed E-state index contributed by atoms with van der Waals surface area (Å²) in [7, 11) is 3.03. The fraction of sp³-hybridized carbons (Fsp3) is 0.154. The van der Waals surface area contributed by atoms with Gasteiger partial charge < -0.3 is 14.8 Å². The van der Waals surface area contributed by atoms with Crippen LogP contribution in [0.2, 0.25) is 0 Å².